The van der Waals surface area contributed by atoms with Crippen LogP contribution in [-0.4, -0.2) is 15.6 Å². The summed E-state index contributed by atoms with van der Waals surface area (Å²) in [6, 6.07) is 6.18. The van der Waals surface area contributed by atoms with Gasteiger partial charge in [-0.2, -0.15) is 5.10 Å². The Kier molecular flexibility index (Phi) is 3.38. The minimum atomic E-state index is -0.271. The average molecular weight is 264 g/mol. The van der Waals surface area contributed by atoms with Crippen molar-refractivity contribution < 1.29 is 4.39 Å². The summed E-state index contributed by atoms with van der Waals surface area (Å²) in [5.41, 5.74) is 6.91. The van der Waals surface area contributed by atoms with Gasteiger partial charge in [0, 0.05) is 11.9 Å². The van der Waals surface area contributed by atoms with Crippen LogP contribution in [0.3, 0.4) is 0 Å². The maximum Gasteiger partial charge on any atom is 0.127 e. The van der Waals surface area contributed by atoms with Gasteiger partial charge in [0.2, 0.25) is 0 Å². The minimum absolute atomic E-state index is 0.00906. The predicted molar refractivity (Wildman–Crippen MR) is 69.5 cm³/mol. The molecule has 2 aromatic rings. The molecular weight excluding hydrogens is 251 g/mol. The van der Waals surface area contributed by atoms with Gasteiger partial charge in [-0.3, -0.25) is 10.1 Å². The fraction of sp³-hybridized carbons (Fsp3) is 0.167. The van der Waals surface area contributed by atoms with Crippen LogP contribution in [0.5, 0.6) is 0 Å². The number of rotatable bonds is 3. The molecule has 94 valence electrons. The molecular formula is C12H13FN4S. The molecule has 0 fully saturated rings. The van der Waals surface area contributed by atoms with Gasteiger partial charge >= 0.3 is 0 Å². The smallest absolute Gasteiger partial charge is 0.127 e. The molecule has 6 heteroatoms. The molecule has 0 aliphatic heterocycles. The van der Waals surface area contributed by atoms with Crippen LogP contribution in [-0.2, 0) is 7.05 Å². The average Bonchev–Trinajstić information content (AvgIpc) is 2.57. The number of aryl methyl sites for hydroxylation is 2. The van der Waals surface area contributed by atoms with E-state index in [1.54, 1.807) is 23.9 Å². The van der Waals surface area contributed by atoms with Crippen LogP contribution in [0.4, 0.5) is 4.39 Å². The molecule has 0 spiro atoms. The lowest BCUT2D eigenvalue weighted by Crippen LogP contribution is -2.13. The van der Waals surface area contributed by atoms with Gasteiger partial charge in [0.15, 0.2) is 0 Å². The van der Waals surface area contributed by atoms with Gasteiger partial charge in [-0.1, -0.05) is 11.8 Å². The van der Waals surface area contributed by atoms with E-state index in [0.717, 1.165) is 15.6 Å². The van der Waals surface area contributed by atoms with Crippen molar-refractivity contribution in [3.63, 3.8) is 0 Å². The summed E-state index contributed by atoms with van der Waals surface area (Å²) in [5, 5.41) is 12.6. The summed E-state index contributed by atoms with van der Waals surface area (Å²) < 4.78 is 14.5. The second-order valence-corrected chi connectivity index (χ2v) is 4.92. The maximum absolute atomic E-state index is 12.8. The van der Waals surface area contributed by atoms with Crippen LogP contribution in [0.1, 0.15) is 11.3 Å². The van der Waals surface area contributed by atoms with E-state index < -0.39 is 0 Å². The lowest BCUT2D eigenvalue weighted by Gasteiger charge is -2.05. The topological polar surface area (TPSA) is 67.7 Å². The van der Waals surface area contributed by atoms with Crippen molar-refractivity contribution in [1.82, 2.24) is 9.78 Å². The Morgan fingerprint density at radius 1 is 1.39 bits per heavy atom. The highest BCUT2D eigenvalue weighted by Gasteiger charge is 2.16. The molecule has 2 rings (SSSR count). The number of nitrogens with two attached hydrogens (primary N) is 1. The number of benzene rings is 1. The summed E-state index contributed by atoms with van der Waals surface area (Å²) in [4.78, 5) is 0.877. The van der Waals surface area contributed by atoms with Crippen LogP contribution in [0.15, 0.2) is 34.2 Å². The first-order valence-electron chi connectivity index (χ1n) is 5.30. The Bertz CT molecular complexity index is 589. The number of hydrogen-bond acceptors (Lipinski definition) is 3. The van der Waals surface area contributed by atoms with Gasteiger partial charge in [-0.05, 0) is 31.2 Å². The van der Waals surface area contributed by atoms with Crippen LogP contribution in [0.2, 0.25) is 0 Å². The normalized spacial score (nSPS) is 10.6. The number of nitrogens with one attached hydrogen (secondary N) is 1. The molecule has 0 bridgehead atoms. The third kappa shape index (κ3) is 2.38. The summed E-state index contributed by atoms with van der Waals surface area (Å²) in [5.74, 6) is -0.280. The first kappa shape index (κ1) is 12.6. The van der Waals surface area contributed by atoms with E-state index in [9.17, 15) is 4.39 Å². The molecule has 3 N–H and O–H groups in total. The van der Waals surface area contributed by atoms with E-state index in [2.05, 4.69) is 5.10 Å². The van der Waals surface area contributed by atoms with E-state index in [-0.39, 0.29) is 11.7 Å². The SMILES string of the molecule is Cc1nn(C)c(Sc2ccc(F)cc2)c1C(=N)N. The number of halogens is 1. The van der Waals surface area contributed by atoms with Crippen molar-refractivity contribution >= 4 is 17.6 Å². The molecule has 4 nitrogen and oxygen atoms in total. The molecule has 0 aliphatic rings. The summed E-state index contributed by atoms with van der Waals surface area (Å²) in [7, 11) is 1.80. The van der Waals surface area contributed by atoms with E-state index in [0.29, 0.717) is 5.56 Å². The highest BCUT2D eigenvalue weighted by atomic mass is 32.2. The van der Waals surface area contributed by atoms with Crippen molar-refractivity contribution in [2.45, 2.75) is 16.8 Å². The molecule has 0 aliphatic carbocycles. The molecule has 0 saturated carbocycles. The van der Waals surface area contributed by atoms with Crippen LogP contribution >= 0.6 is 11.8 Å². The van der Waals surface area contributed by atoms with Gasteiger partial charge in [-0.25, -0.2) is 4.39 Å². The summed E-state index contributed by atoms with van der Waals surface area (Å²) in [6.45, 7) is 1.81. The van der Waals surface area contributed by atoms with E-state index in [4.69, 9.17) is 11.1 Å². The fourth-order valence-corrected chi connectivity index (χ4v) is 2.71. The van der Waals surface area contributed by atoms with Gasteiger partial charge in [0.1, 0.15) is 16.7 Å². The zero-order chi connectivity index (χ0) is 13.3. The van der Waals surface area contributed by atoms with Crippen molar-refractivity contribution in [3.8, 4) is 0 Å². The van der Waals surface area contributed by atoms with E-state index >= 15 is 0 Å². The Labute approximate surface area is 109 Å². The maximum atomic E-state index is 12.8. The van der Waals surface area contributed by atoms with Crippen molar-refractivity contribution in [3.05, 3.63) is 41.3 Å². The Balaban J connectivity index is 2.39. The number of nitrogen functional groups attached to an aromatic ring is 1. The molecule has 1 aromatic heterocycles. The largest absolute Gasteiger partial charge is 0.384 e. The molecule has 0 amide bonds. The second-order valence-electron chi connectivity index (χ2n) is 3.86. The minimum Gasteiger partial charge on any atom is -0.384 e. The second kappa shape index (κ2) is 4.81. The molecule has 0 radical (unpaired) electrons. The highest BCUT2D eigenvalue weighted by molar-refractivity contribution is 7.99. The van der Waals surface area contributed by atoms with Crippen molar-refractivity contribution in [2.24, 2.45) is 12.8 Å². The Hall–Kier alpha value is -1.82. The fourth-order valence-electron chi connectivity index (χ4n) is 1.68. The number of aromatic nitrogens is 2. The number of nitrogens with zero attached hydrogens (tertiary/aromatic N) is 2. The monoisotopic (exact) mass is 264 g/mol. The van der Waals surface area contributed by atoms with Gasteiger partial charge in [-0.15, -0.1) is 0 Å². The lowest BCUT2D eigenvalue weighted by molar-refractivity contribution is 0.626. The zero-order valence-corrected chi connectivity index (χ0v) is 10.9. The number of hydrogen-bond donors (Lipinski definition) is 2. The van der Waals surface area contributed by atoms with E-state index in [1.807, 2.05) is 6.92 Å². The molecule has 0 unspecified atom stereocenters. The van der Waals surface area contributed by atoms with E-state index in [1.165, 1.54) is 23.9 Å². The van der Waals surface area contributed by atoms with Crippen molar-refractivity contribution in [1.29, 1.82) is 5.41 Å². The zero-order valence-electron chi connectivity index (χ0n) is 10.1. The molecule has 0 saturated heterocycles. The summed E-state index contributed by atoms with van der Waals surface area (Å²) in [6.07, 6.45) is 0. The van der Waals surface area contributed by atoms with Crippen molar-refractivity contribution in [2.75, 3.05) is 0 Å². The van der Waals surface area contributed by atoms with Crippen LogP contribution in [0.25, 0.3) is 0 Å². The third-order valence-corrected chi connectivity index (χ3v) is 3.64. The highest BCUT2D eigenvalue weighted by Crippen LogP contribution is 2.31. The van der Waals surface area contributed by atoms with Gasteiger partial charge < -0.3 is 5.73 Å². The van der Waals surface area contributed by atoms with Gasteiger partial charge in [0.25, 0.3) is 0 Å². The molecule has 1 aromatic carbocycles. The Morgan fingerprint density at radius 2 is 2.00 bits per heavy atom. The quantitative estimate of drug-likeness (QED) is 0.660. The molecule has 18 heavy (non-hydrogen) atoms. The lowest BCUT2D eigenvalue weighted by atomic mass is 10.2. The third-order valence-electron chi connectivity index (χ3n) is 2.47. The first-order valence-corrected chi connectivity index (χ1v) is 6.12. The van der Waals surface area contributed by atoms with Crippen LogP contribution < -0.4 is 5.73 Å². The molecule has 1 heterocycles. The summed E-state index contributed by atoms with van der Waals surface area (Å²) >= 11 is 1.41. The predicted octanol–water partition coefficient (Wildman–Crippen LogP) is 2.30. The standard InChI is InChI=1S/C12H13FN4S/c1-7-10(11(14)15)12(17(2)16-7)18-9-5-3-8(13)4-6-9/h3-6H,1-2H3,(H3,14,15). The Morgan fingerprint density at radius 3 is 2.56 bits per heavy atom. The molecule has 0 atom stereocenters. The first-order chi connectivity index (χ1) is 8.49. The van der Waals surface area contributed by atoms with Crippen LogP contribution in [0, 0.1) is 18.2 Å². The number of amidine groups is 1. The van der Waals surface area contributed by atoms with Gasteiger partial charge in [0.05, 0.1) is 11.3 Å².